The zero-order valence-corrected chi connectivity index (χ0v) is 6.75. The van der Waals surface area contributed by atoms with E-state index >= 15 is 0 Å². The zero-order chi connectivity index (χ0) is 8.97. The van der Waals surface area contributed by atoms with Gasteiger partial charge in [-0.05, 0) is 11.6 Å². The first-order chi connectivity index (χ1) is 5.70. The van der Waals surface area contributed by atoms with Gasteiger partial charge >= 0.3 is 0 Å². The van der Waals surface area contributed by atoms with Gasteiger partial charge in [-0.25, -0.2) is 0 Å². The summed E-state index contributed by atoms with van der Waals surface area (Å²) in [5.74, 6) is 0. The third kappa shape index (κ3) is 2.12. The van der Waals surface area contributed by atoms with Crippen molar-refractivity contribution in [2.75, 3.05) is 0 Å². The summed E-state index contributed by atoms with van der Waals surface area (Å²) in [6.45, 7) is 7.36. The topological polar surface area (TPSA) is 54.7 Å². The SMILES string of the molecule is C=C(N)/C=C\C(=C)c1cn[nH]c1. The van der Waals surface area contributed by atoms with Gasteiger partial charge in [-0.15, -0.1) is 0 Å². The third-order valence-electron chi connectivity index (χ3n) is 1.37. The molecule has 3 N–H and O–H groups in total. The third-order valence-corrected chi connectivity index (χ3v) is 1.37. The van der Waals surface area contributed by atoms with Crippen LogP contribution in [0.1, 0.15) is 5.56 Å². The molecule has 0 saturated heterocycles. The lowest BCUT2D eigenvalue weighted by atomic mass is 10.1. The van der Waals surface area contributed by atoms with Crippen LogP contribution in [0.5, 0.6) is 0 Å². The number of H-pyrrole nitrogens is 1. The van der Waals surface area contributed by atoms with E-state index < -0.39 is 0 Å². The molecule has 62 valence electrons. The Kier molecular flexibility index (Phi) is 2.48. The molecule has 3 nitrogen and oxygen atoms in total. The fourth-order valence-corrected chi connectivity index (χ4v) is 0.730. The summed E-state index contributed by atoms with van der Waals surface area (Å²) in [6.07, 6.45) is 6.97. The molecule has 0 fully saturated rings. The smallest absolute Gasteiger partial charge is 0.0565 e. The summed E-state index contributed by atoms with van der Waals surface area (Å²) in [4.78, 5) is 0. The minimum atomic E-state index is 0.514. The van der Waals surface area contributed by atoms with Gasteiger partial charge in [0.05, 0.1) is 6.20 Å². The van der Waals surface area contributed by atoms with Gasteiger partial charge in [-0.1, -0.05) is 19.2 Å². The number of nitrogens with zero attached hydrogens (tertiary/aromatic N) is 1. The predicted molar refractivity (Wildman–Crippen MR) is 50.1 cm³/mol. The Bertz CT molecular complexity index is 307. The molecule has 1 aromatic rings. The zero-order valence-electron chi connectivity index (χ0n) is 6.75. The average molecular weight is 161 g/mol. The molecule has 0 amide bonds. The van der Waals surface area contributed by atoms with Gasteiger partial charge in [0.1, 0.15) is 0 Å². The summed E-state index contributed by atoms with van der Waals surface area (Å²) >= 11 is 0. The molecule has 0 atom stereocenters. The van der Waals surface area contributed by atoms with Crippen molar-refractivity contribution in [2.24, 2.45) is 5.73 Å². The molecule has 0 radical (unpaired) electrons. The first kappa shape index (κ1) is 8.33. The second-order valence-electron chi connectivity index (χ2n) is 2.42. The molecule has 0 aliphatic heterocycles. The van der Waals surface area contributed by atoms with Crippen LogP contribution in [-0.4, -0.2) is 10.2 Å². The number of rotatable bonds is 3. The first-order valence-corrected chi connectivity index (χ1v) is 3.50. The van der Waals surface area contributed by atoms with Crippen LogP contribution >= 0.6 is 0 Å². The van der Waals surface area contributed by atoms with Crippen molar-refractivity contribution in [1.82, 2.24) is 10.2 Å². The Morgan fingerprint density at radius 1 is 1.50 bits per heavy atom. The number of nitrogens with two attached hydrogens (primary N) is 1. The van der Waals surface area contributed by atoms with Gasteiger partial charge in [0.25, 0.3) is 0 Å². The van der Waals surface area contributed by atoms with E-state index in [9.17, 15) is 0 Å². The maximum atomic E-state index is 5.35. The number of aromatic amines is 1. The molecule has 1 rings (SSSR count). The molecule has 1 aromatic heterocycles. The van der Waals surface area contributed by atoms with Gasteiger partial charge in [-0.3, -0.25) is 5.10 Å². The van der Waals surface area contributed by atoms with Crippen molar-refractivity contribution in [2.45, 2.75) is 0 Å². The molecule has 1 heterocycles. The lowest BCUT2D eigenvalue weighted by Gasteiger charge is -1.92. The summed E-state index contributed by atoms with van der Waals surface area (Å²) in [5, 5.41) is 6.50. The molecular weight excluding hydrogens is 150 g/mol. The number of hydrogen-bond donors (Lipinski definition) is 2. The Labute approximate surface area is 71.3 Å². The number of hydrogen-bond acceptors (Lipinski definition) is 2. The number of aromatic nitrogens is 2. The van der Waals surface area contributed by atoms with Crippen LogP contribution in [-0.2, 0) is 0 Å². The van der Waals surface area contributed by atoms with E-state index in [2.05, 4.69) is 23.4 Å². The van der Waals surface area contributed by atoms with Crippen LogP contribution in [0, 0.1) is 0 Å². The number of nitrogens with one attached hydrogen (secondary N) is 1. The van der Waals surface area contributed by atoms with Gasteiger partial charge in [0.2, 0.25) is 0 Å². The summed E-state index contributed by atoms with van der Waals surface area (Å²) < 4.78 is 0. The second-order valence-corrected chi connectivity index (χ2v) is 2.42. The molecule has 12 heavy (non-hydrogen) atoms. The van der Waals surface area contributed by atoms with E-state index in [1.807, 2.05) is 0 Å². The standard InChI is InChI=1S/C9H11N3/c1-7(3-4-8(2)10)9-5-11-12-6-9/h3-6H,1-2,10H2,(H,11,12)/b4-3-. The van der Waals surface area contributed by atoms with Crippen molar-refractivity contribution in [3.63, 3.8) is 0 Å². The molecule has 0 aliphatic rings. The highest BCUT2D eigenvalue weighted by molar-refractivity contribution is 5.71. The summed E-state index contributed by atoms with van der Waals surface area (Å²) in [5.41, 5.74) is 7.67. The van der Waals surface area contributed by atoms with Gasteiger partial charge < -0.3 is 5.73 Å². The van der Waals surface area contributed by atoms with E-state index in [1.54, 1.807) is 24.5 Å². The van der Waals surface area contributed by atoms with Gasteiger partial charge in [-0.2, -0.15) is 5.10 Å². The van der Waals surface area contributed by atoms with Crippen molar-refractivity contribution in [1.29, 1.82) is 0 Å². The lowest BCUT2D eigenvalue weighted by molar-refractivity contribution is 1.09. The van der Waals surface area contributed by atoms with Crippen LogP contribution in [0.15, 0.2) is 43.4 Å². The first-order valence-electron chi connectivity index (χ1n) is 3.50. The van der Waals surface area contributed by atoms with Crippen molar-refractivity contribution < 1.29 is 0 Å². The summed E-state index contributed by atoms with van der Waals surface area (Å²) in [7, 11) is 0. The minimum Gasteiger partial charge on any atom is -0.399 e. The van der Waals surface area contributed by atoms with E-state index in [-0.39, 0.29) is 0 Å². The lowest BCUT2D eigenvalue weighted by Crippen LogP contribution is -1.88. The van der Waals surface area contributed by atoms with Crippen LogP contribution in [0.3, 0.4) is 0 Å². The summed E-state index contributed by atoms with van der Waals surface area (Å²) in [6, 6.07) is 0. The van der Waals surface area contributed by atoms with Crippen molar-refractivity contribution >= 4 is 5.57 Å². The van der Waals surface area contributed by atoms with Gasteiger partial charge in [0.15, 0.2) is 0 Å². The average Bonchev–Trinajstić information content (AvgIpc) is 2.51. The molecule has 0 saturated carbocycles. The van der Waals surface area contributed by atoms with Crippen molar-refractivity contribution in [3.8, 4) is 0 Å². The Hall–Kier alpha value is -1.77. The largest absolute Gasteiger partial charge is 0.399 e. The fourth-order valence-electron chi connectivity index (χ4n) is 0.730. The van der Waals surface area contributed by atoms with Crippen LogP contribution < -0.4 is 5.73 Å². The number of allylic oxidation sites excluding steroid dienone is 3. The molecule has 0 spiro atoms. The Balaban J connectivity index is 2.68. The molecule has 0 aromatic carbocycles. The quantitative estimate of drug-likeness (QED) is 0.659. The van der Waals surface area contributed by atoms with Crippen LogP contribution in [0.2, 0.25) is 0 Å². The Morgan fingerprint density at radius 2 is 2.25 bits per heavy atom. The van der Waals surface area contributed by atoms with Crippen molar-refractivity contribution in [3.05, 3.63) is 49.0 Å². The maximum Gasteiger partial charge on any atom is 0.0565 e. The fraction of sp³-hybridized carbons (Fsp3) is 0. The molecule has 3 heteroatoms. The maximum absolute atomic E-state index is 5.35. The normalized spacial score (nSPS) is 10.3. The predicted octanol–water partition coefficient (Wildman–Crippen LogP) is 1.45. The Morgan fingerprint density at radius 3 is 2.75 bits per heavy atom. The monoisotopic (exact) mass is 161 g/mol. The highest BCUT2D eigenvalue weighted by atomic mass is 15.1. The van der Waals surface area contributed by atoms with Crippen LogP contribution in [0.25, 0.3) is 5.57 Å². The molecule has 0 unspecified atom stereocenters. The minimum absolute atomic E-state index is 0.514. The molecular formula is C9H11N3. The van der Waals surface area contributed by atoms with E-state index in [1.165, 1.54) is 0 Å². The van der Waals surface area contributed by atoms with Crippen LogP contribution in [0.4, 0.5) is 0 Å². The van der Waals surface area contributed by atoms with E-state index in [0.717, 1.165) is 11.1 Å². The molecule has 0 bridgehead atoms. The van der Waals surface area contributed by atoms with E-state index in [4.69, 9.17) is 5.73 Å². The van der Waals surface area contributed by atoms with Gasteiger partial charge in [0, 0.05) is 17.5 Å². The highest BCUT2D eigenvalue weighted by Crippen LogP contribution is 2.10. The van der Waals surface area contributed by atoms with E-state index in [0.29, 0.717) is 5.70 Å². The second kappa shape index (κ2) is 3.57. The molecule has 0 aliphatic carbocycles. The highest BCUT2D eigenvalue weighted by Gasteiger charge is 1.93.